The van der Waals surface area contributed by atoms with Gasteiger partial charge in [0.2, 0.25) is 5.91 Å². The summed E-state index contributed by atoms with van der Waals surface area (Å²) >= 11 is 3.27. The fraction of sp³-hybridized carbons (Fsp3) is 0.273. The molecule has 0 aromatic heterocycles. The minimum Gasteiger partial charge on any atom is -0.349 e. The third kappa shape index (κ3) is 5.54. The number of nitrogens with one attached hydrogen (secondary N) is 3. The van der Waals surface area contributed by atoms with E-state index in [1.165, 1.54) is 19.1 Å². The first-order valence-corrected chi connectivity index (χ1v) is 10.5. The number of carbonyl (C=O) groups excluding carboxylic acids is 4. The molecule has 1 saturated carbocycles. The maximum atomic E-state index is 12.7. The fourth-order valence-corrected chi connectivity index (χ4v) is 3.75. The summed E-state index contributed by atoms with van der Waals surface area (Å²) in [6, 6.07) is 11.3. The third-order valence-corrected chi connectivity index (χ3v) is 5.31. The molecule has 0 unspecified atom stereocenters. The lowest BCUT2D eigenvalue weighted by atomic mass is 10.1. The lowest BCUT2D eigenvalue weighted by molar-refractivity contribution is -0.114. The van der Waals surface area contributed by atoms with Crippen molar-refractivity contribution >= 4 is 50.8 Å². The Balaban J connectivity index is 1.73. The second kappa shape index (κ2) is 9.67. The van der Waals surface area contributed by atoms with Gasteiger partial charge in [-0.15, -0.1) is 0 Å². The maximum absolute atomic E-state index is 12.7. The predicted octanol–water partition coefficient (Wildman–Crippen LogP) is 3.90. The van der Waals surface area contributed by atoms with Gasteiger partial charge in [0.05, 0.1) is 11.3 Å². The van der Waals surface area contributed by atoms with Crippen LogP contribution in [0.25, 0.3) is 0 Å². The molecule has 2 aromatic carbocycles. The summed E-state index contributed by atoms with van der Waals surface area (Å²) in [5.41, 5.74) is 1.06. The van der Waals surface area contributed by atoms with Gasteiger partial charge in [0.15, 0.2) is 0 Å². The molecule has 3 N–H and O–H groups in total. The van der Waals surface area contributed by atoms with Gasteiger partial charge in [-0.1, -0.05) is 34.8 Å². The number of benzene rings is 2. The van der Waals surface area contributed by atoms with Crippen LogP contribution in [-0.2, 0) is 9.59 Å². The van der Waals surface area contributed by atoms with E-state index in [0.717, 1.165) is 25.7 Å². The molecule has 7 nitrogen and oxygen atoms in total. The van der Waals surface area contributed by atoms with Crippen molar-refractivity contribution in [3.05, 3.63) is 58.1 Å². The highest BCUT2D eigenvalue weighted by molar-refractivity contribution is 9.10. The van der Waals surface area contributed by atoms with Crippen LogP contribution in [0.15, 0.2) is 46.9 Å². The highest BCUT2D eigenvalue weighted by atomic mass is 79.9. The van der Waals surface area contributed by atoms with Gasteiger partial charge in [0, 0.05) is 28.7 Å². The van der Waals surface area contributed by atoms with Gasteiger partial charge in [-0.2, -0.15) is 0 Å². The van der Waals surface area contributed by atoms with E-state index in [4.69, 9.17) is 0 Å². The summed E-state index contributed by atoms with van der Waals surface area (Å²) in [5, 5.41) is 8.07. The normalized spacial score (nSPS) is 13.5. The van der Waals surface area contributed by atoms with E-state index in [2.05, 4.69) is 31.9 Å². The summed E-state index contributed by atoms with van der Waals surface area (Å²) in [7, 11) is 0. The number of rotatable bonds is 6. The number of halogens is 1. The van der Waals surface area contributed by atoms with Gasteiger partial charge in [0.1, 0.15) is 0 Å². The maximum Gasteiger partial charge on any atom is 0.296 e. The highest BCUT2D eigenvalue weighted by Crippen LogP contribution is 2.23. The number of anilines is 2. The number of hydrogen-bond donors (Lipinski definition) is 3. The monoisotopic (exact) mass is 471 g/mol. The Bertz CT molecular complexity index is 1000. The minimum absolute atomic E-state index is 0.0622. The molecule has 1 aliphatic rings. The van der Waals surface area contributed by atoms with E-state index in [1.807, 2.05) is 0 Å². The first-order valence-electron chi connectivity index (χ1n) is 9.67. The lowest BCUT2D eigenvalue weighted by Gasteiger charge is -2.13. The van der Waals surface area contributed by atoms with Crippen LogP contribution in [-0.4, -0.2) is 29.5 Å². The smallest absolute Gasteiger partial charge is 0.296 e. The average Bonchev–Trinajstić information content (AvgIpc) is 3.21. The van der Waals surface area contributed by atoms with Gasteiger partial charge in [-0.05, 0) is 49.2 Å². The second-order valence-corrected chi connectivity index (χ2v) is 8.11. The SMILES string of the molecule is CC(=O)Nc1ccc(Br)cc1C(=O)C(=O)Nc1cccc(C(=O)NC2CCCC2)c1. The van der Waals surface area contributed by atoms with Crippen molar-refractivity contribution < 1.29 is 19.2 Å². The molecule has 0 saturated heterocycles. The van der Waals surface area contributed by atoms with Crippen LogP contribution in [0.3, 0.4) is 0 Å². The highest BCUT2D eigenvalue weighted by Gasteiger charge is 2.22. The average molecular weight is 472 g/mol. The topological polar surface area (TPSA) is 104 Å². The Labute approximate surface area is 182 Å². The van der Waals surface area contributed by atoms with Crippen molar-refractivity contribution in [2.75, 3.05) is 10.6 Å². The second-order valence-electron chi connectivity index (χ2n) is 7.19. The summed E-state index contributed by atoms with van der Waals surface area (Å²) in [6.45, 7) is 1.32. The molecule has 0 bridgehead atoms. The molecule has 1 aliphatic carbocycles. The molecule has 0 heterocycles. The van der Waals surface area contributed by atoms with E-state index >= 15 is 0 Å². The first-order chi connectivity index (χ1) is 14.3. The van der Waals surface area contributed by atoms with Crippen molar-refractivity contribution in [3.63, 3.8) is 0 Å². The molecular formula is C22H22BrN3O4. The van der Waals surface area contributed by atoms with Crippen molar-refractivity contribution in [3.8, 4) is 0 Å². The number of carbonyl (C=O) groups is 4. The van der Waals surface area contributed by atoms with E-state index in [-0.39, 0.29) is 29.1 Å². The molecule has 3 rings (SSSR count). The van der Waals surface area contributed by atoms with Crippen molar-refractivity contribution in [2.45, 2.75) is 38.6 Å². The van der Waals surface area contributed by atoms with Crippen molar-refractivity contribution in [2.24, 2.45) is 0 Å². The largest absolute Gasteiger partial charge is 0.349 e. The third-order valence-electron chi connectivity index (χ3n) is 4.82. The molecule has 2 aromatic rings. The van der Waals surface area contributed by atoms with Gasteiger partial charge in [-0.3, -0.25) is 19.2 Å². The van der Waals surface area contributed by atoms with Crippen LogP contribution < -0.4 is 16.0 Å². The Morgan fingerprint density at radius 1 is 0.967 bits per heavy atom. The molecule has 156 valence electrons. The Kier molecular flexibility index (Phi) is 6.99. The van der Waals surface area contributed by atoms with Gasteiger partial charge >= 0.3 is 0 Å². The van der Waals surface area contributed by atoms with Gasteiger partial charge < -0.3 is 16.0 Å². The van der Waals surface area contributed by atoms with Crippen LogP contribution in [0, 0.1) is 0 Å². The fourth-order valence-electron chi connectivity index (χ4n) is 3.39. The number of hydrogen-bond acceptors (Lipinski definition) is 4. The van der Waals surface area contributed by atoms with Crippen LogP contribution in [0.1, 0.15) is 53.3 Å². The Morgan fingerprint density at radius 2 is 1.70 bits per heavy atom. The summed E-state index contributed by atoms with van der Waals surface area (Å²) in [5.74, 6) is -2.23. The quantitative estimate of drug-likeness (QED) is 0.438. The number of amides is 3. The minimum atomic E-state index is -0.868. The Morgan fingerprint density at radius 3 is 2.40 bits per heavy atom. The summed E-state index contributed by atoms with van der Waals surface area (Å²) in [4.78, 5) is 49.1. The van der Waals surface area contributed by atoms with E-state index < -0.39 is 11.7 Å². The number of ketones is 1. The zero-order valence-electron chi connectivity index (χ0n) is 16.5. The summed E-state index contributed by atoms with van der Waals surface area (Å²) < 4.78 is 0.596. The number of Topliss-reactive ketones (excluding diaryl/α,β-unsaturated/α-hetero) is 1. The van der Waals surface area contributed by atoms with Crippen LogP contribution in [0.4, 0.5) is 11.4 Å². The zero-order valence-corrected chi connectivity index (χ0v) is 18.0. The van der Waals surface area contributed by atoms with Crippen LogP contribution in [0.2, 0.25) is 0 Å². The zero-order chi connectivity index (χ0) is 21.7. The molecule has 0 radical (unpaired) electrons. The van der Waals surface area contributed by atoms with Crippen molar-refractivity contribution in [1.82, 2.24) is 5.32 Å². The van der Waals surface area contributed by atoms with Gasteiger partial charge in [-0.25, -0.2) is 0 Å². The molecule has 8 heteroatoms. The molecule has 3 amide bonds. The molecular weight excluding hydrogens is 450 g/mol. The predicted molar refractivity (Wildman–Crippen MR) is 118 cm³/mol. The molecule has 0 atom stereocenters. The van der Waals surface area contributed by atoms with E-state index in [9.17, 15) is 19.2 Å². The molecule has 30 heavy (non-hydrogen) atoms. The standard InChI is InChI=1S/C22H22BrN3O4/c1-13(27)24-19-10-9-15(23)12-18(19)20(28)22(30)26-17-8-4-5-14(11-17)21(29)25-16-6-2-3-7-16/h4-5,8-12,16H,2-3,6-7H2,1H3,(H,24,27)(H,25,29)(H,26,30). The molecule has 1 fully saturated rings. The first kappa shape index (κ1) is 21.7. The van der Waals surface area contributed by atoms with Crippen LogP contribution in [0.5, 0.6) is 0 Å². The lowest BCUT2D eigenvalue weighted by Crippen LogP contribution is -2.32. The van der Waals surface area contributed by atoms with Gasteiger partial charge in [0.25, 0.3) is 17.6 Å². The van der Waals surface area contributed by atoms with E-state index in [1.54, 1.807) is 30.3 Å². The molecule has 0 aliphatic heterocycles. The van der Waals surface area contributed by atoms with E-state index in [0.29, 0.717) is 15.7 Å². The van der Waals surface area contributed by atoms with Crippen molar-refractivity contribution in [1.29, 1.82) is 0 Å². The van der Waals surface area contributed by atoms with Crippen LogP contribution >= 0.6 is 15.9 Å². The molecule has 0 spiro atoms. The Hall–Kier alpha value is -3.00. The summed E-state index contributed by atoms with van der Waals surface area (Å²) in [6.07, 6.45) is 4.17.